The summed E-state index contributed by atoms with van der Waals surface area (Å²) in [6.45, 7) is 1.28. The number of aromatic nitrogens is 3. The van der Waals surface area contributed by atoms with Gasteiger partial charge in [0, 0.05) is 23.9 Å². The van der Waals surface area contributed by atoms with Crippen molar-refractivity contribution in [2.75, 3.05) is 6.61 Å². The first-order valence-electron chi connectivity index (χ1n) is 5.46. The first-order chi connectivity index (χ1) is 8.34. The van der Waals surface area contributed by atoms with Gasteiger partial charge in [-0.15, -0.1) is 0 Å². The zero-order chi connectivity index (χ0) is 11.7. The molecule has 0 unspecified atom stereocenters. The molecule has 1 N–H and O–H groups in total. The molecule has 2 aromatic heterocycles. The Kier molecular flexibility index (Phi) is 2.70. The first-order valence-corrected chi connectivity index (χ1v) is 5.86. The summed E-state index contributed by atoms with van der Waals surface area (Å²) in [6, 6.07) is 5.73. The fourth-order valence-corrected chi connectivity index (χ4v) is 2.15. The molecule has 5 heteroatoms. The second-order valence-corrected chi connectivity index (χ2v) is 4.25. The number of hydrogen-bond acceptors (Lipinski definition) is 4. The Labute approximate surface area is 104 Å². The zero-order valence-corrected chi connectivity index (χ0v) is 9.96. The molecule has 0 spiro atoms. The van der Waals surface area contributed by atoms with Gasteiger partial charge in [-0.1, -0.05) is 18.3 Å². The average Bonchev–Trinajstić information content (AvgIpc) is 2.40. The van der Waals surface area contributed by atoms with Crippen LogP contribution in [0.1, 0.15) is 11.3 Å². The summed E-state index contributed by atoms with van der Waals surface area (Å²) in [5, 5.41) is 0. The summed E-state index contributed by atoms with van der Waals surface area (Å²) < 4.78 is 5.99. The molecule has 17 heavy (non-hydrogen) atoms. The lowest BCUT2D eigenvalue weighted by molar-refractivity contribution is 0.108. The number of hydrogen-bond donors (Lipinski definition) is 1. The van der Waals surface area contributed by atoms with Crippen molar-refractivity contribution in [1.29, 1.82) is 0 Å². The van der Waals surface area contributed by atoms with E-state index in [2.05, 4.69) is 15.0 Å². The van der Waals surface area contributed by atoms with Gasteiger partial charge in [0.15, 0.2) is 5.82 Å². The Bertz CT molecular complexity index is 594. The molecule has 0 amide bonds. The Morgan fingerprint density at radius 2 is 2.29 bits per heavy atom. The van der Waals surface area contributed by atoms with E-state index in [-0.39, 0.29) is 0 Å². The maximum atomic E-state index is 5.38. The minimum Gasteiger partial charge on any atom is -0.376 e. The van der Waals surface area contributed by atoms with Gasteiger partial charge in [-0.05, 0) is 12.1 Å². The van der Waals surface area contributed by atoms with Gasteiger partial charge in [0.2, 0.25) is 0 Å². The van der Waals surface area contributed by atoms with E-state index < -0.39 is 0 Å². The minimum absolute atomic E-state index is 0.556. The standard InChI is InChI=1S/C12H11N3OS/c17-12-8-7-16-6-4-9(8)14-11(15-12)10-3-1-2-5-13-10/h1-3,5H,4,6-7H2,(H,14,15,17). The van der Waals surface area contributed by atoms with Crippen LogP contribution in [0.5, 0.6) is 0 Å². The summed E-state index contributed by atoms with van der Waals surface area (Å²) in [4.78, 5) is 11.9. The molecule has 0 atom stereocenters. The third-order valence-electron chi connectivity index (χ3n) is 2.76. The number of nitrogens with one attached hydrogen (secondary N) is 1. The van der Waals surface area contributed by atoms with Gasteiger partial charge in [0.1, 0.15) is 10.3 Å². The van der Waals surface area contributed by atoms with Crippen molar-refractivity contribution in [2.45, 2.75) is 13.0 Å². The minimum atomic E-state index is 0.556. The fourth-order valence-electron chi connectivity index (χ4n) is 1.88. The lowest BCUT2D eigenvalue weighted by Crippen LogP contribution is -2.14. The van der Waals surface area contributed by atoms with Crippen molar-refractivity contribution in [3.05, 3.63) is 40.3 Å². The molecule has 0 saturated heterocycles. The Balaban J connectivity index is 2.14. The van der Waals surface area contributed by atoms with Crippen LogP contribution in [0.3, 0.4) is 0 Å². The molecule has 3 heterocycles. The van der Waals surface area contributed by atoms with Crippen LogP contribution in [0.25, 0.3) is 11.5 Å². The third-order valence-corrected chi connectivity index (χ3v) is 3.09. The molecule has 3 rings (SSSR count). The smallest absolute Gasteiger partial charge is 0.157 e. The van der Waals surface area contributed by atoms with Crippen molar-refractivity contribution < 1.29 is 4.74 Å². The van der Waals surface area contributed by atoms with E-state index in [1.54, 1.807) is 6.20 Å². The van der Waals surface area contributed by atoms with Crippen LogP contribution in [0.4, 0.5) is 0 Å². The third kappa shape index (κ3) is 1.99. The molecule has 0 radical (unpaired) electrons. The quantitative estimate of drug-likeness (QED) is 0.783. The van der Waals surface area contributed by atoms with Crippen LogP contribution in [0.2, 0.25) is 0 Å². The summed E-state index contributed by atoms with van der Waals surface area (Å²) in [5.74, 6) is 0.733. The topological polar surface area (TPSA) is 50.8 Å². The Morgan fingerprint density at radius 3 is 3.12 bits per heavy atom. The van der Waals surface area contributed by atoms with E-state index in [0.29, 0.717) is 11.2 Å². The molecule has 2 aromatic rings. The lowest BCUT2D eigenvalue weighted by atomic mass is 10.1. The average molecular weight is 245 g/mol. The van der Waals surface area contributed by atoms with E-state index >= 15 is 0 Å². The van der Waals surface area contributed by atoms with Crippen LogP contribution in [-0.4, -0.2) is 21.6 Å². The monoisotopic (exact) mass is 245 g/mol. The maximum absolute atomic E-state index is 5.38. The second kappa shape index (κ2) is 4.35. The molecule has 1 aliphatic rings. The molecule has 1 aliphatic heterocycles. The largest absolute Gasteiger partial charge is 0.376 e. The van der Waals surface area contributed by atoms with Crippen molar-refractivity contribution >= 4 is 12.2 Å². The van der Waals surface area contributed by atoms with E-state index in [9.17, 15) is 0 Å². The van der Waals surface area contributed by atoms with Crippen LogP contribution in [0.15, 0.2) is 24.4 Å². The van der Waals surface area contributed by atoms with Gasteiger partial charge in [0.05, 0.1) is 13.2 Å². The molecule has 4 nitrogen and oxygen atoms in total. The lowest BCUT2D eigenvalue weighted by Gasteiger charge is -2.16. The highest BCUT2D eigenvalue weighted by molar-refractivity contribution is 7.71. The summed E-state index contributed by atoms with van der Waals surface area (Å²) in [5.41, 5.74) is 2.94. The number of rotatable bonds is 1. The molecular formula is C12H11N3OS. The molecule has 0 aliphatic carbocycles. The molecule has 0 aromatic carbocycles. The first kappa shape index (κ1) is 10.6. The van der Waals surface area contributed by atoms with Gasteiger partial charge in [-0.2, -0.15) is 0 Å². The highest BCUT2D eigenvalue weighted by Crippen LogP contribution is 2.19. The second-order valence-electron chi connectivity index (χ2n) is 3.87. The Hall–Kier alpha value is -1.59. The maximum Gasteiger partial charge on any atom is 0.157 e. The molecule has 0 fully saturated rings. The SMILES string of the molecule is S=c1nc(-c2ccccn2)[nH]c2c1COCC2. The van der Waals surface area contributed by atoms with Crippen molar-refractivity contribution in [3.8, 4) is 11.5 Å². The van der Waals surface area contributed by atoms with Crippen molar-refractivity contribution in [1.82, 2.24) is 15.0 Å². The Morgan fingerprint density at radius 1 is 1.35 bits per heavy atom. The van der Waals surface area contributed by atoms with Crippen LogP contribution >= 0.6 is 12.2 Å². The summed E-state index contributed by atoms with van der Waals surface area (Å²) in [7, 11) is 0. The highest BCUT2D eigenvalue weighted by Gasteiger charge is 2.14. The molecular weight excluding hydrogens is 234 g/mol. The van der Waals surface area contributed by atoms with Crippen LogP contribution in [-0.2, 0) is 17.8 Å². The molecule has 0 bridgehead atoms. The molecule has 0 saturated carbocycles. The number of aromatic amines is 1. The number of ether oxygens (including phenoxy) is 1. The van der Waals surface area contributed by atoms with E-state index in [4.69, 9.17) is 17.0 Å². The van der Waals surface area contributed by atoms with Gasteiger partial charge < -0.3 is 9.72 Å². The van der Waals surface area contributed by atoms with Gasteiger partial charge in [-0.25, -0.2) is 4.98 Å². The number of fused-ring (bicyclic) bond motifs is 1. The van der Waals surface area contributed by atoms with Crippen LogP contribution < -0.4 is 0 Å². The van der Waals surface area contributed by atoms with Crippen molar-refractivity contribution in [2.24, 2.45) is 0 Å². The predicted molar refractivity (Wildman–Crippen MR) is 66.0 cm³/mol. The van der Waals surface area contributed by atoms with Gasteiger partial charge in [-0.3, -0.25) is 4.98 Å². The summed E-state index contributed by atoms with van der Waals surface area (Å²) in [6.07, 6.45) is 2.60. The van der Waals surface area contributed by atoms with E-state index in [0.717, 1.165) is 35.8 Å². The number of pyridine rings is 1. The number of H-pyrrole nitrogens is 1. The van der Waals surface area contributed by atoms with Crippen LogP contribution in [0, 0.1) is 4.64 Å². The highest BCUT2D eigenvalue weighted by atomic mass is 32.1. The predicted octanol–water partition coefficient (Wildman–Crippen LogP) is 2.27. The summed E-state index contributed by atoms with van der Waals surface area (Å²) >= 11 is 5.29. The van der Waals surface area contributed by atoms with Gasteiger partial charge in [0.25, 0.3) is 0 Å². The van der Waals surface area contributed by atoms with E-state index in [1.807, 2.05) is 18.2 Å². The van der Waals surface area contributed by atoms with Gasteiger partial charge >= 0.3 is 0 Å². The van der Waals surface area contributed by atoms with E-state index in [1.165, 1.54) is 0 Å². The molecule has 86 valence electrons. The normalized spacial score (nSPS) is 14.4. The van der Waals surface area contributed by atoms with Crippen molar-refractivity contribution in [3.63, 3.8) is 0 Å². The number of nitrogens with zero attached hydrogens (tertiary/aromatic N) is 2. The fraction of sp³-hybridized carbons (Fsp3) is 0.250. The zero-order valence-electron chi connectivity index (χ0n) is 9.14.